The molecule has 2 rings (SSSR count). The first kappa shape index (κ1) is 14.0. The second kappa shape index (κ2) is 6.16. The van der Waals surface area contributed by atoms with Gasteiger partial charge in [-0.2, -0.15) is 0 Å². The van der Waals surface area contributed by atoms with Crippen molar-refractivity contribution in [2.24, 2.45) is 0 Å². The van der Waals surface area contributed by atoms with Crippen LogP contribution in [-0.2, 0) is 16.0 Å². The minimum atomic E-state index is -1.59. The Morgan fingerprint density at radius 2 is 1.85 bits per heavy atom. The first-order valence-corrected chi connectivity index (χ1v) is 6.74. The molecular weight excluding hydrogens is 276 g/mol. The van der Waals surface area contributed by atoms with Crippen LogP contribution < -0.4 is 0 Å². The molecule has 0 radical (unpaired) electrons. The Bertz CT molecular complexity index is 656. The second-order valence-electron chi connectivity index (χ2n) is 4.16. The summed E-state index contributed by atoms with van der Waals surface area (Å²) in [6.07, 6.45) is 1.45. The minimum Gasteiger partial charge on any atom is -0.507 e. The fourth-order valence-electron chi connectivity index (χ4n) is 1.67. The van der Waals surface area contributed by atoms with Crippen molar-refractivity contribution in [3.63, 3.8) is 0 Å². The number of carbonyl (C=O) groups excluding carboxylic acids is 1. The third-order valence-corrected chi connectivity index (χ3v) is 3.59. The van der Waals surface area contributed by atoms with Crippen LogP contribution in [0, 0.1) is 0 Å². The first-order valence-electron chi connectivity index (χ1n) is 5.86. The number of hydrogen-bond acceptors (Lipinski definition) is 4. The Morgan fingerprint density at radius 1 is 1.15 bits per heavy atom. The van der Waals surface area contributed by atoms with Crippen LogP contribution in [0.2, 0.25) is 0 Å². The fraction of sp³-hybridized carbons (Fsp3) is 0.0667. The molecular formula is C15H12O4S. The number of carboxylic acids is 1. The first-order chi connectivity index (χ1) is 9.56. The van der Waals surface area contributed by atoms with Gasteiger partial charge in [-0.15, -0.1) is 11.3 Å². The highest BCUT2D eigenvalue weighted by Crippen LogP contribution is 2.22. The highest BCUT2D eigenvalue weighted by atomic mass is 32.1. The van der Waals surface area contributed by atoms with Crippen LogP contribution in [0.15, 0.2) is 47.9 Å². The maximum absolute atomic E-state index is 11.0. The van der Waals surface area contributed by atoms with Gasteiger partial charge < -0.3 is 10.2 Å². The highest BCUT2D eigenvalue weighted by Gasteiger charge is 2.11. The van der Waals surface area contributed by atoms with E-state index in [1.165, 1.54) is 11.3 Å². The lowest BCUT2D eigenvalue weighted by atomic mass is 10.1. The van der Waals surface area contributed by atoms with Crippen molar-refractivity contribution in [3.05, 3.63) is 63.9 Å². The van der Waals surface area contributed by atoms with Crippen LogP contribution in [0.25, 0.3) is 5.76 Å². The third-order valence-electron chi connectivity index (χ3n) is 2.65. The summed E-state index contributed by atoms with van der Waals surface area (Å²) in [6, 6.07) is 11.6. The molecule has 0 aliphatic rings. The summed E-state index contributed by atoms with van der Waals surface area (Å²) in [4.78, 5) is 22.4. The predicted octanol–water partition coefficient (Wildman–Crippen LogP) is 2.89. The molecule has 1 aromatic heterocycles. The predicted molar refractivity (Wildman–Crippen MR) is 76.8 cm³/mol. The van der Waals surface area contributed by atoms with Gasteiger partial charge >= 0.3 is 5.97 Å². The Morgan fingerprint density at radius 3 is 2.50 bits per heavy atom. The highest BCUT2D eigenvalue weighted by molar-refractivity contribution is 7.10. The Kier molecular flexibility index (Phi) is 4.32. The standard InChI is InChI=1S/C15H12O4S/c16-13(8-14(17)15(18)19)11-7-12(20-9-11)6-10-4-2-1-3-5-10/h1-5,7-9,16H,6H2,(H,18,19). The molecule has 0 bridgehead atoms. The van der Waals surface area contributed by atoms with Crippen molar-refractivity contribution < 1.29 is 19.8 Å². The lowest BCUT2D eigenvalue weighted by Gasteiger charge is -1.97. The molecule has 2 N–H and O–H groups in total. The maximum atomic E-state index is 11.0. The molecule has 0 unspecified atom stereocenters. The van der Waals surface area contributed by atoms with E-state index < -0.39 is 11.8 Å². The van der Waals surface area contributed by atoms with Crippen molar-refractivity contribution in [1.29, 1.82) is 0 Å². The van der Waals surface area contributed by atoms with E-state index in [0.29, 0.717) is 5.56 Å². The third kappa shape index (κ3) is 3.55. The van der Waals surface area contributed by atoms with Crippen molar-refractivity contribution in [3.8, 4) is 0 Å². The molecule has 5 heteroatoms. The van der Waals surface area contributed by atoms with Gasteiger partial charge in [0.15, 0.2) is 0 Å². The quantitative estimate of drug-likeness (QED) is 0.504. The molecule has 102 valence electrons. The van der Waals surface area contributed by atoms with Crippen LogP contribution in [0.4, 0.5) is 0 Å². The summed E-state index contributed by atoms with van der Waals surface area (Å²) in [7, 11) is 0. The Balaban J connectivity index is 2.13. The summed E-state index contributed by atoms with van der Waals surface area (Å²) in [5, 5.41) is 19.9. The minimum absolute atomic E-state index is 0.326. The van der Waals surface area contributed by atoms with Crippen molar-refractivity contribution in [1.82, 2.24) is 0 Å². The molecule has 0 aliphatic carbocycles. The van der Waals surface area contributed by atoms with Crippen LogP contribution >= 0.6 is 11.3 Å². The van der Waals surface area contributed by atoms with E-state index in [9.17, 15) is 14.7 Å². The molecule has 0 spiro atoms. The van der Waals surface area contributed by atoms with Crippen molar-refractivity contribution in [2.75, 3.05) is 0 Å². The average molecular weight is 288 g/mol. The number of thiophene rings is 1. The van der Waals surface area contributed by atoms with Crippen LogP contribution in [0.1, 0.15) is 16.0 Å². The van der Waals surface area contributed by atoms with E-state index in [-0.39, 0.29) is 5.76 Å². The number of aliphatic hydroxyl groups is 1. The van der Waals surface area contributed by atoms with Gasteiger partial charge in [0, 0.05) is 28.3 Å². The van der Waals surface area contributed by atoms with Crippen LogP contribution in [0.3, 0.4) is 0 Å². The zero-order chi connectivity index (χ0) is 14.5. The molecule has 20 heavy (non-hydrogen) atoms. The Hall–Kier alpha value is -2.40. The zero-order valence-electron chi connectivity index (χ0n) is 10.4. The number of ketones is 1. The van der Waals surface area contributed by atoms with E-state index in [1.807, 2.05) is 30.3 Å². The summed E-state index contributed by atoms with van der Waals surface area (Å²) >= 11 is 1.45. The molecule has 0 atom stereocenters. The smallest absolute Gasteiger partial charge is 0.376 e. The van der Waals surface area contributed by atoms with Gasteiger partial charge in [-0.3, -0.25) is 4.79 Å². The van der Waals surface area contributed by atoms with Crippen molar-refractivity contribution >= 4 is 28.8 Å². The molecule has 0 amide bonds. The van der Waals surface area contributed by atoms with E-state index in [4.69, 9.17) is 5.11 Å². The SMILES string of the molecule is O=C(O)C(=O)C=C(O)c1csc(Cc2ccccc2)c1. The molecule has 0 fully saturated rings. The maximum Gasteiger partial charge on any atom is 0.376 e. The molecule has 0 saturated heterocycles. The largest absolute Gasteiger partial charge is 0.507 e. The Labute approximate surface area is 119 Å². The number of carboxylic acid groups (broad SMARTS) is 1. The molecule has 0 aliphatic heterocycles. The lowest BCUT2D eigenvalue weighted by Crippen LogP contribution is -2.09. The van der Waals surface area contributed by atoms with Crippen LogP contribution in [0.5, 0.6) is 0 Å². The van der Waals surface area contributed by atoms with Gasteiger partial charge in [0.1, 0.15) is 5.76 Å². The molecule has 1 aromatic carbocycles. The van der Waals surface area contributed by atoms with Gasteiger partial charge in [0.2, 0.25) is 0 Å². The number of rotatable bonds is 5. The van der Waals surface area contributed by atoms with E-state index in [2.05, 4.69) is 0 Å². The summed E-state index contributed by atoms with van der Waals surface area (Å²) in [5.41, 5.74) is 1.60. The summed E-state index contributed by atoms with van der Waals surface area (Å²) in [6.45, 7) is 0. The normalized spacial score (nSPS) is 11.3. The van der Waals surface area contributed by atoms with Crippen LogP contribution in [-0.4, -0.2) is 22.0 Å². The van der Waals surface area contributed by atoms with E-state index >= 15 is 0 Å². The molecule has 2 aromatic rings. The van der Waals surface area contributed by atoms with E-state index in [1.54, 1.807) is 11.4 Å². The lowest BCUT2D eigenvalue weighted by molar-refractivity contribution is -0.146. The van der Waals surface area contributed by atoms with Gasteiger partial charge in [-0.05, 0) is 11.6 Å². The number of benzene rings is 1. The number of aliphatic carboxylic acids is 1. The second-order valence-corrected chi connectivity index (χ2v) is 5.16. The van der Waals surface area contributed by atoms with Gasteiger partial charge in [0.25, 0.3) is 5.78 Å². The fourth-order valence-corrected chi connectivity index (χ4v) is 2.59. The van der Waals surface area contributed by atoms with Gasteiger partial charge in [0.05, 0.1) is 0 Å². The van der Waals surface area contributed by atoms with E-state index in [0.717, 1.165) is 22.9 Å². The average Bonchev–Trinajstić information content (AvgIpc) is 2.88. The molecule has 1 heterocycles. The monoisotopic (exact) mass is 288 g/mol. The zero-order valence-corrected chi connectivity index (χ0v) is 11.3. The molecule has 0 saturated carbocycles. The summed E-state index contributed by atoms with van der Waals surface area (Å²) in [5.74, 6) is -3.05. The number of aliphatic hydroxyl groups excluding tert-OH is 1. The number of carbonyl (C=O) groups is 2. The summed E-state index contributed by atoms with van der Waals surface area (Å²) < 4.78 is 0. The topological polar surface area (TPSA) is 74.6 Å². The van der Waals surface area contributed by atoms with Gasteiger partial charge in [-0.25, -0.2) is 4.79 Å². The van der Waals surface area contributed by atoms with Gasteiger partial charge in [-0.1, -0.05) is 30.3 Å². The number of hydrogen-bond donors (Lipinski definition) is 2. The molecule has 4 nitrogen and oxygen atoms in total. The van der Waals surface area contributed by atoms with Crippen molar-refractivity contribution in [2.45, 2.75) is 6.42 Å².